The van der Waals surface area contributed by atoms with E-state index in [1.54, 1.807) is 57.4 Å². The number of esters is 1. The number of pyridine rings is 1. The van der Waals surface area contributed by atoms with E-state index in [-0.39, 0.29) is 52.0 Å². The van der Waals surface area contributed by atoms with Crippen LogP contribution in [0.1, 0.15) is 37.9 Å². The second kappa shape index (κ2) is 17.2. The van der Waals surface area contributed by atoms with Crippen molar-refractivity contribution in [3.63, 3.8) is 0 Å². The van der Waals surface area contributed by atoms with Gasteiger partial charge in [0.2, 0.25) is 11.8 Å². The number of nitrogens with zero attached hydrogens (tertiary/aromatic N) is 5. The van der Waals surface area contributed by atoms with E-state index in [4.69, 9.17) is 48.1 Å². The topological polar surface area (TPSA) is 146 Å². The zero-order valence-corrected chi connectivity index (χ0v) is 30.8. The molecule has 3 N–H and O–H groups in total. The summed E-state index contributed by atoms with van der Waals surface area (Å²) in [7, 11) is 6.58. The first kappa shape index (κ1) is 38.7. The van der Waals surface area contributed by atoms with Crippen LogP contribution in [0.25, 0.3) is 0 Å². The van der Waals surface area contributed by atoms with Crippen LogP contribution < -0.4 is 31.0 Å². The van der Waals surface area contributed by atoms with Gasteiger partial charge in [0.05, 0.1) is 56.0 Å². The molecular weight excluding hydrogens is 700 g/mol. The van der Waals surface area contributed by atoms with E-state index in [0.717, 1.165) is 5.56 Å². The van der Waals surface area contributed by atoms with Gasteiger partial charge >= 0.3 is 5.97 Å². The summed E-state index contributed by atoms with van der Waals surface area (Å²) in [5.41, 5.74) is 8.11. The third-order valence-corrected chi connectivity index (χ3v) is 8.17. The first-order valence-electron chi connectivity index (χ1n) is 15.9. The Balaban J connectivity index is 1.98. The maximum atomic E-state index is 15.2. The molecule has 0 radical (unpaired) electrons. The summed E-state index contributed by atoms with van der Waals surface area (Å²) in [6.07, 6.45) is 3.06. The summed E-state index contributed by atoms with van der Waals surface area (Å²) in [4.78, 5) is 42.0. The maximum Gasteiger partial charge on any atom is 0.354 e. The highest BCUT2D eigenvalue weighted by Crippen LogP contribution is 2.36. The minimum absolute atomic E-state index is 0.0359. The Labute approximate surface area is 305 Å². The van der Waals surface area contributed by atoms with Crippen molar-refractivity contribution in [1.82, 2.24) is 14.5 Å². The summed E-state index contributed by atoms with van der Waals surface area (Å²) in [6, 6.07) is 11.8. The molecule has 4 rings (SSSR count). The Morgan fingerprint density at radius 1 is 1.08 bits per heavy atom. The number of rotatable bonds is 14. The Bertz CT molecular complexity index is 2000. The van der Waals surface area contributed by atoms with Gasteiger partial charge in [0.25, 0.3) is 5.56 Å². The highest BCUT2D eigenvalue weighted by molar-refractivity contribution is 6.31. The maximum absolute atomic E-state index is 15.2. The molecule has 0 bridgehead atoms. The van der Waals surface area contributed by atoms with Gasteiger partial charge in [0.1, 0.15) is 28.0 Å². The summed E-state index contributed by atoms with van der Waals surface area (Å²) in [5, 5.41) is 3.14. The molecule has 15 heteroatoms. The average Bonchev–Trinajstić information content (AvgIpc) is 3.10. The van der Waals surface area contributed by atoms with Gasteiger partial charge < -0.3 is 34.7 Å². The first-order valence-corrected chi connectivity index (χ1v) is 16.6. The van der Waals surface area contributed by atoms with Crippen molar-refractivity contribution >= 4 is 52.2 Å². The summed E-state index contributed by atoms with van der Waals surface area (Å²) < 4.78 is 32.7. The number of aliphatic imine (C=N–C) groups is 1. The minimum atomic E-state index is -1.07. The monoisotopic (exact) mass is 739 g/mol. The van der Waals surface area contributed by atoms with Crippen molar-refractivity contribution in [2.24, 2.45) is 16.6 Å². The fourth-order valence-electron chi connectivity index (χ4n) is 5.09. The van der Waals surface area contributed by atoms with E-state index < -0.39 is 23.4 Å². The molecule has 0 fully saturated rings. The third kappa shape index (κ3) is 9.35. The molecule has 270 valence electrons. The van der Waals surface area contributed by atoms with Crippen LogP contribution >= 0.6 is 23.2 Å². The van der Waals surface area contributed by atoms with E-state index in [2.05, 4.69) is 15.3 Å². The summed E-state index contributed by atoms with van der Waals surface area (Å²) >= 11 is 12.6. The Kier molecular flexibility index (Phi) is 13.0. The van der Waals surface area contributed by atoms with Gasteiger partial charge in [0.15, 0.2) is 0 Å². The number of nitrogens with two attached hydrogens (primary N) is 1. The van der Waals surface area contributed by atoms with E-state index in [9.17, 15) is 9.59 Å². The molecule has 2 aromatic carbocycles. The third-order valence-electron chi connectivity index (χ3n) is 7.60. The van der Waals surface area contributed by atoms with Crippen LogP contribution in [0, 0.1) is 11.7 Å². The molecule has 0 aliphatic rings. The molecular formula is C36H40Cl2FN7O5. The molecule has 0 saturated heterocycles. The molecule has 0 saturated carbocycles. The Morgan fingerprint density at radius 3 is 2.37 bits per heavy atom. The van der Waals surface area contributed by atoms with Crippen LogP contribution in [-0.4, -0.2) is 61.1 Å². The molecule has 4 aromatic rings. The smallest absolute Gasteiger partial charge is 0.354 e. The molecule has 12 nitrogen and oxygen atoms in total. The van der Waals surface area contributed by atoms with E-state index in [1.165, 1.54) is 36.1 Å². The molecule has 2 heterocycles. The predicted molar refractivity (Wildman–Crippen MR) is 198 cm³/mol. The standard InChI is InChI=1S/C36H40Cl2FN7O5/c1-8-51-35(48)30(40)29(31(20(2)3)43-28-17-41-36(45(4)5)44-33(28)50-7)32(22-11-14-25(37)27(39)15-22)42-23-16-26(38)34(47)46(19-23)18-21-9-12-24(49-6)13-10-21/h9-17,19-20,32,42H,8,18,40H2,1-7H3. The normalized spacial score (nSPS) is 12.6. The molecule has 51 heavy (non-hydrogen) atoms. The van der Waals surface area contributed by atoms with Crippen LogP contribution in [0.4, 0.5) is 21.7 Å². The van der Waals surface area contributed by atoms with Gasteiger partial charge in [-0.1, -0.05) is 55.2 Å². The van der Waals surface area contributed by atoms with Crippen molar-refractivity contribution in [1.29, 1.82) is 0 Å². The van der Waals surface area contributed by atoms with Crippen LogP contribution in [0.3, 0.4) is 0 Å². The number of halogens is 3. The highest BCUT2D eigenvalue weighted by atomic mass is 35.5. The van der Waals surface area contributed by atoms with Gasteiger partial charge in [-0.3, -0.25) is 4.79 Å². The molecule has 0 amide bonds. The average molecular weight is 741 g/mol. The van der Waals surface area contributed by atoms with Crippen LogP contribution in [0.15, 0.2) is 82.0 Å². The number of carbonyl (C=O) groups excluding carboxylic acids is 1. The number of benzene rings is 2. The predicted octanol–water partition coefficient (Wildman–Crippen LogP) is 6.57. The fraction of sp³-hybridized carbons (Fsp3) is 0.306. The fourth-order valence-corrected chi connectivity index (χ4v) is 5.43. The molecule has 0 aliphatic heterocycles. The zero-order chi connectivity index (χ0) is 37.4. The number of aromatic nitrogens is 3. The second-order valence-corrected chi connectivity index (χ2v) is 12.6. The van der Waals surface area contributed by atoms with Crippen LogP contribution in [-0.2, 0) is 16.1 Å². The van der Waals surface area contributed by atoms with E-state index in [1.807, 2.05) is 26.0 Å². The highest BCUT2D eigenvalue weighted by Gasteiger charge is 2.31. The minimum Gasteiger partial charge on any atom is -0.497 e. The molecule has 2 aromatic heterocycles. The van der Waals surface area contributed by atoms with Crippen LogP contribution in [0.5, 0.6) is 11.6 Å². The zero-order valence-electron chi connectivity index (χ0n) is 29.3. The first-order chi connectivity index (χ1) is 24.3. The number of hydrogen-bond acceptors (Lipinski definition) is 11. The number of hydrogen-bond donors (Lipinski definition) is 2. The Morgan fingerprint density at radius 2 is 1.78 bits per heavy atom. The van der Waals surface area contributed by atoms with E-state index in [0.29, 0.717) is 28.7 Å². The van der Waals surface area contributed by atoms with E-state index >= 15 is 4.39 Å². The second-order valence-electron chi connectivity index (χ2n) is 11.8. The van der Waals surface area contributed by atoms with Gasteiger partial charge in [0, 0.05) is 25.9 Å². The molecule has 1 unspecified atom stereocenters. The number of nitrogens with one attached hydrogen (secondary N) is 1. The van der Waals surface area contributed by atoms with Crippen molar-refractivity contribution in [2.75, 3.05) is 45.1 Å². The van der Waals surface area contributed by atoms with Crippen molar-refractivity contribution in [3.8, 4) is 11.6 Å². The molecule has 1 atom stereocenters. The molecule has 0 spiro atoms. The SMILES string of the molecule is CCOC(=O)C(N)=C(C(=Nc1cnc(N(C)C)nc1OC)C(C)C)C(Nc1cc(Cl)c(=O)n(Cc2ccc(OC)cc2)c1)c1ccc(Cl)c(F)c1. The summed E-state index contributed by atoms with van der Waals surface area (Å²) in [6.45, 7) is 5.56. The number of ether oxygens (including phenoxy) is 3. The van der Waals surface area contributed by atoms with Gasteiger partial charge in [-0.2, -0.15) is 4.98 Å². The van der Waals surface area contributed by atoms with Gasteiger partial charge in [-0.15, -0.1) is 0 Å². The Hall–Kier alpha value is -5.14. The van der Waals surface area contributed by atoms with Gasteiger partial charge in [-0.25, -0.2) is 19.2 Å². The number of methoxy groups -OCH3 is 2. The van der Waals surface area contributed by atoms with Crippen molar-refractivity contribution in [2.45, 2.75) is 33.4 Å². The quantitative estimate of drug-likeness (QED) is 0.0827. The van der Waals surface area contributed by atoms with Gasteiger partial charge in [-0.05, 0) is 54.3 Å². The number of anilines is 2. The van der Waals surface area contributed by atoms with Crippen LogP contribution in [0.2, 0.25) is 10.0 Å². The lowest BCUT2D eigenvalue weighted by Crippen LogP contribution is -2.30. The molecule has 0 aliphatic carbocycles. The lowest BCUT2D eigenvalue weighted by atomic mass is 9.87. The van der Waals surface area contributed by atoms with Crippen molar-refractivity contribution in [3.05, 3.63) is 110 Å². The number of carbonyl (C=O) groups is 1. The lowest BCUT2D eigenvalue weighted by molar-refractivity contribution is -0.138. The lowest BCUT2D eigenvalue weighted by Gasteiger charge is -2.28. The largest absolute Gasteiger partial charge is 0.497 e. The summed E-state index contributed by atoms with van der Waals surface area (Å²) in [5.74, 6) is -0.709. The van der Waals surface area contributed by atoms with Crippen molar-refractivity contribution < 1.29 is 23.4 Å².